The number of hydrogen-bond donors (Lipinski definition) is 1. The first-order chi connectivity index (χ1) is 8.63. The molecule has 100 valence electrons. The summed E-state index contributed by atoms with van der Waals surface area (Å²) in [6.45, 7) is 2.17. The van der Waals surface area contributed by atoms with Gasteiger partial charge in [-0.25, -0.2) is 9.78 Å². The molecule has 2 rings (SSSR count). The molecule has 1 fully saturated rings. The molecule has 0 amide bonds. The van der Waals surface area contributed by atoms with Crippen molar-refractivity contribution in [2.24, 2.45) is 0 Å². The second kappa shape index (κ2) is 5.75. The van der Waals surface area contributed by atoms with Gasteiger partial charge in [-0.2, -0.15) is 0 Å². The minimum absolute atomic E-state index is 0.0626. The minimum Gasteiger partial charge on any atom is -0.476 e. The lowest BCUT2D eigenvalue weighted by Crippen LogP contribution is -2.27. The quantitative estimate of drug-likeness (QED) is 0.850. The standard InChI is InChI=1S/C11H16N2O4S/c1-16-8-4-13(5-9(8)17-2)3-7-6-18-10(12-7)11(14)15/h6,8-9H,3-5H2,1-2H3,(H,14,15). The van der Waals surface area contributed by atoms with Gasteiger partial charge in [-0.3, -0.25) is 4.90 Å². The molecule has 1 aliphatic heterocycles. The first-order valence-electron chi connectivity index (χ1n) is 5.59. The van der Waals surface area contributed by atoms with E-state index in [2.05, 4.69) is 9.88 Å². The van der Waals surface area contributed by atoms with Gasteiger partial charge in [0.05, 0.1) is 17.9 Å². The Morgan fingerprint density at radius 3 is 2.56 bits per heavy atom. The van der Waals surface area contributed by atoms with Gasteiger partial charge in [0, 0.05) is 39.2 Å². The largest absolute Gasteiger partial charge is 0.476 e. The smallest absolute Gasteiger partial charge is 0.365 e. The zero-order chi connectivity index (χ0) is 13.1. The van der Waals surface area contributed by atoms with E-state index in [-0.39, 0.29) is 17.2 Å². The second-order valence-corrected chi connectivity index (χ2v) is 5.05. The van der Waals surface area contributed by atoms with E-state index < -0.39 is 5.97 Å². The van der Waals surface area contributed by atoms with Gasteiger partial charge in [-0.1, -0.05) is 0 Å². The molecule has 0 spiro atoms. The van der Waals surface area contributed by atoms with Crippen LogP contribution >= 0.6 is 11.3 Å². The van der Waals surface area contributed by atoms with Gasteiger partial charge < -0.3 is 14.6 Å². The van der Waals surface area contributed by atoms with Crippen molar-refractivity contribution >= 4 is 17.3 Å². The summed E-state index contributed by atoms with van der Waals surface area (Å²) >= 11 is 1.15. The molecule has 2 unspecified atom stereocenters. The predicted octanol–water partition coefficient (Wildman–Crippen LogP) is 0.687. The van der Waals surface area contributed by atoms with E-state index in [1.807, 2.05) is 0 Å². The molecule has 7 heteroatoms. The number of methoxy groups -OCH3 is 2. The van der Waals surface area contributed by atoms with Crippen molar-refractivity contribution in [1.29, 1.82) is 0 Å². The van der Waals surface area contributed by atoms with Crippen molar-refractivity contribution < 1.29 is 19.4 Å². The molecule has 0 saturated carbocycles. The molecule has 0 aliphatic carbocycles. The molecule has 0 bridgehead atoms. The summed E-state index contributed by atoms with van der Waals surface area (Å²) in [6.07, 6.45) is 0.125. The molecule has 2 heterocycles. The normalized spacial score (nSPS) is 24.6. The van der Waals surface area contributed by atoms with Gasteiger partial charge in [0.15, 0.2) is 0 Å². The predicted molar refractivity (Wildman–Crippen MR) is 65.9 cm³/mol. The Morgan fingerprint density at radius 1 is 1.50 bits per heavy atom. The Hall–Kier alpha value is -1.02. The summed E-state index contributed by atoms with van der Waals surface area (Å²) in [6, 6.07) is 0. The molecule has 0 radical (unpaired) electrons. The van der Waals surface area contributed by atoms with Crippen molar-refractivity contribution in [3.8, 4) is 0 Å². The van der Waals surface area contributed by atoms with Crippen LogP contribution in [0.4, 0.5) is 0 Å². The van der Waals surface area contributed by atoms with E-state index in [1.165, 1.54) is 0 Å². The Kier molecular flexibility index (Phi) is 4.28. The van der Waals surface area contributed by atoms with E-state index in [0.717, 1.165) is 30.1 Å². The maximum absolute atomic E-state index is 10.7. The monoisotopic (exact) mass is 272 g/mol. The number of carbonyl (C=O) groups is 1. The van der Waals surface area contributed by atoms with Crippen LogP contribution in [-0.2, 0) is 16.0 Å². The van der Waals surface area contributed by atoms with Crippen LogP contribution in [0.5, 0.6) is 0 Å². The molecule has 1 saturated heterocycles. The lowest BCUT2D eigenvalue weighted by molar-refractivity contribution is -0.00461. The van der Waals surface area contributed by atoms with Crippen LogP contribution in [0.3, 0.4) is 0 Å². The number of nitrogens with zero attached hydrogens (tertiary/aromatic N) is 2. The summed E-state index contributed by atoms with van der Waals surface area (Å²) in [5.41, 5.74) is 0.781. The van der Waals surface area contributed by atoms with Crippen molar-refractivity contribution in [3.05, 3.63) is 16.1 Å². The number of carboxylic acid groups (broad SMARTS) is 1. The molecule has 1 aromatic heterocycles. The van der Waals surface area contributed by atoms with Crippen LogP contribution in [0.1, 0.15) is 15.5 Å². The van der Waals surface area contributed by atoms with Crippen LogP contribution < -0.4 is 0 Å². The number of thiazole rings is 1. The summed E-state index contributed by atoms with van der Waals surface area (Å²) in [5, 5.41) is 10.7. The average molecular weight is 272 g/mol. The number of aromatic carboxylic acids is 1. The molecule has 18 heavy (non-hydrogen) atoms. The van der Waals surface area contributed by atoms with Gasteiger partial charge in [0.2, 0.25) is 5.01 Å². The fourth-order valence-electron chi connectivity index (χ4n) is 2.11. The van der Waals surface area contributed by atoms with E-state index in [9.17, 15) is 4.79 Å². The Morgan fingerprint density at radius 2 is 2.11 bits per heavy atom. The van der Waals surface area contributed by atoms with Gasteiger partial charge in [-0.05, 0) is 0 Å². The minimum atomic E-state index is -0.975. The highest BCUT2D eigenvalue weighted by Crippen LogP contribution is 2.19. The van der Waals surface area contributed by atoms with Crippen LogP contribution in [-0.4, -0.2) is 60.5 Å². The Labute approximate surface area is 109 Å². The highest BCUT2D eigenvalue weighted by molar-refractivity contribution is 7.11. The molecular weight excluding hydrogens is 256 g/mol. The lowest BCUT2D eigenvalue weighted by atomic mass is 10.3. The molecule has 1 aliphatic rings. The van der Waals surface area contributed by atoms with E-state index in [4.69, 9.17) is 14.6 Å². The highest BCUT2D eigenvalue weighted by atomic mass is 32.1. The van der Waals surface area contributed by atoms with Crippen LogP contribution in [0.25, 0.3) is 0 Å². The topological polar surface area (TPSA) is 71.9 Å². The third-order valence-electron chi connectivity index (χ3n) is 3.02. The first-order valence-corrected chi connectivity index (χ1v) is 6.47. The Balaban J connectivity index is 1.95. The van der Waals surface area contributed by atoms with Crippen molar-refractivity contribution in [1.82, 2.24) is 9.88 Å². The number of ether oxygens (including phenoxy) is 2. The zero-order valence-corrected chi connectivity index (χ0v) is 11.1. The molecule has 0 aromatic carbocycles. The van der Waals surface area contributed by atoms with Crippen LogP contribution in [0.15, 0.2) is 5.38 Å². The molecular formula is C11H16N2O4S. The summed E-state index contributed by atoms with van der Waals surface area (Å²) in [7, 11) is 3.34. The van der Waals surface area contributed by atoms with Crippen LogP contribution in [0.2, 0.25) is 0 Å². The summed E-state index contributed by atoms with van der Waals surface area (Å²) in [5.74, 6) is -0.975. The number of aromatic nitrogens is 1. The third kappa shape index (κ3) is 2.86. The third-order valence-corrected chi connectivity index (χ3v) is 3.90. The number of rotatable bonds is 5. The molecule has 2 atom stereocenters. The highest BCUT2D eigenvalue weighted by Gasteiger charge is 2.33. The van der Waals surface area contributed by atoms with Crippen molar-refractivity contribution in [3.63, 3.8) is 0 Å². The van der Waals surface area contributed by atoms with Gasteiger partial charge in [0.1, 0.15) is 0 Å². The van der Waals surface area contributed by atoms with E-state index in [0.29, 0.717) is 6.54 Å². The van der Waals surface area contributed by atoms with E-state index in [1.54, 1.807) is 19.6 Å². The zero-order valence-electron chi connectivity index (χ0n) is 10.3. The molecule has 1 N–H and O–H groups in total. The molecule has 1 aromatic rings. The first kappa shape index (κ1) is 13.4. The Bertz CT molecular complexity index is 411. The van der Waals surface area contributed by atoms with Gasteiger partial charge in [0.25, 0.3) is 0 Å². The molecule has 6 nitrogen and oxygen atoms in total. The summed E-state index contributed by atoms with van der Waals surface area (Å²) < 4.78 is 10.7. The summed E-state index contributed by atoms with van der Waals surface area (Å²) in [4.78, 5) is 17.0. The number of hydrogen-bond acceptors (Lipinski definition) is 6. The lowest BCUT2D eigenvalue weighted by Gasteiger charge is -2.13. The average Bonchev–Trinajstić information content (AvgIpc) is 2.95. The van der Waals surface area contributed by atoms with Gasteiger partial charge in [-0.15, -0.1) is 11.3 Å². The maximum Gasteiger partial charge on any atom is 0.365 e. The maximum atomic E-state index is 10.7. The van der Waals surface area contributed by atoms with Crippen molar-refractivity contribution in [2.45, 2.75) is 18.8 Å². The van der Waals surface area contributed by atoms with Gasteiger partial charge >= 0.3 is 5.97 Å². The van der Waals surface area contributed by atoms with Crippen molar-refractivity contribution in [2.75, 3.05) is 27.3 Å². The second-order valence-electron chi connectivity index (χ2n) is 4.19. The SMILES string of the molecule is COC1CN(Cc2csc(C(=O)O)n2)CC1OC. The fourth-order valence-corrected chi connectivity index (χ4v) is 2.75. The number of likely N-dealkylation sites (tertiary alicyclic amines) is 1. The fraction of sp³-hybridized carbons (Fsp3) is 0.636. The van der Waals surface area contributed by atoms with Crippen LogP contribution in [0, 0.1) is 0 Å². The number of carboxylic acids is 1. The van der Waals surface area contributed by atoms with E-state index >= 15 is 0 Å².